The molecule has 0 spiro atoms. The molecule has 0 aliphatic heterocycles. The quantitative estimate of drug-likeness (QED) is 0.137. The molecule has 0 aliphatic rings. The Morgan fingerprint density at radius 3 is 0.967 bits per heavy atom. The summed E-state index contributed by atoms with van der Waals surface area (Å²) < 4.78 is 0. The maximum Gasteiger partial charge on any atom is -0.00773 e. The molecule has 0 rings (SSSR count). The Hall–Kier alpha value is -0.0400. The molecule has 0 fully saturated rings. The van der Waals surface area contributed by atoms with E-state index in [0.29, 0.717) is 0 Å². The summed E-state index contributed by atoms with van der Waals surface area (Å²) in [4.78, 5) is 0. The van der Waals surface area contributed by atoms with Crippen molar-refractivity contribution in [2.75, 3.05) is 6.54 Å². The summed E-state index contributed by atoms with van der Waals surface area (Å²) in [6, 6.07) is 0. The van der Waals surface area contributed by atoms with Crippen molar-refractivity contribution in [3.63, 3.8) is 0 Å². The van der Waals surface area contributed by atoms with Crippen molar-refractivity contribution < 1.29 is 0 Å². The lowest BCUT2D eigenvalue weighted by atomic mass is 9.95. The van der Waals surface area contributed by atoms with E-state index in [9.17, 15) is 0 Å². The Balaban J connectivity index is 3.11. The summed E-state index contributed by atoms with van der Waals surface area (Å²) in [6.07, 6.45) is 36.2. The van der Waals surface area contributed by atoms with Gasteiger partial charge in [-0.25, -0.2) is 0 Å². The molecule has 1 nitrogen and oxygen atoms in total. The molecule has 0 aromatic heterocycles. The predicted molar refractivity (Wildman–Crippen MR) is 139 cm³/mol. The first kappa shape index (κ1) is 30.0. The average molecular weight is 424 g/mol. The van der Waals surface area contributed by atoms with Crippen LogP contribution in [0, 0.1) is 5.92 Å². The van der Waals surface area contributed by atoms with Gasteiger partial charge in [-0.2, -0.15) is 0 Å². The zero-order valence-electron chi connectivity index (χ0n) is 21.5. The molecular formula is C29H61N. The molecule has 182 valence electrons. The van der Waals surface area contributed by atoms with Gasteiger partial charge in [0.2, 0.25) is 0 Å². The number of hydrogen-bond donors (Lipinski definition) is 1. The number of hydrogen-bond acceptors (Lipinski definition) is 1. The fourth-order valence-corrected chi connectivity index (χ4v) is 4.71. The van der Waals surface area contributed by atoms with Crippen LogP contribution >= 0.6 is 0 Å². The molecule has 0 aromatic carbocycles. The van der Waals surface area contributed by atoms with Crippen LogP contribution in [0.4, 0.5) is 0 Å². The van der Waals surface area contributed by atoms with Crippen LogP contribution in [0.5, 0.6) is 0 Å². The molecule has 30 heavy (non-hydrogen) atoms. The minimum atomic E-state index is 0.872. The standard InChI is InChI=1S/C29H61N/c1-3-4-5-6-7-8-9-10-11-12-13-14-15-17-20-23-26-29(2)27-24-21-18-16-19-22-25-28-30/h29H,3-28,30H2,1-2H3. The molecule has 0 bridgehead atoms. The monoisotopic (exact) mass is 423 g/mol. The van der Waals surface area contributed by atoms with Gasteiger partial charge in [0.1, 0.15) is 0 Å². The normalized spacial score (nSPS) is 12.5. The first-order valence-corrected chi connectivity index (χ1v) is 14.5. The third kappa shape index (κ3) is 26.0. The summed E-state index contributed by atoms with van der Waals surface area (Å²) in [5, 5.41) is 0. The molecule has 0 saturated heterocycles. The molecule has 0 amide bonds. The molecule has 0 saturated carbocycles. The van der Waals surface area contributed by atoms with Gasteiger partial charge < -0.3 is 5.73 Å². The Kier molecular flexibility index (Phi) is 27.0. The zero-order valence-corrected chi connectivity index (χ0v) is 21.5. The highest BCUT2D eigenvalue weighted by molar-refractivity contribution is 4.56. The molecule has 2 N–H and O–H groups in total. The van der Waals surface area contributed by atoms with Crippen molar-refractivity contribution in [3.8, 4) is 0 Å². The summed E-state index contributed by atoms with van der Waals surface area (Å²) in [6.45, 7) is 5.65. The van der Waals surface area contributed by atoms with Gasteiger partial charge in [-0.3, -0.25) is 0 Å². The average Bonchev–Trinajstić information content (AvgIpc) is 2.75. The van der Waals surface area contributed by atoms with Crippen LogP contribution in [-0.2, 0) is 0 Å². The lowest BCUT2D eigenvalue weighted by Crippen LogP contribution is -1.97. The summed E-state index contributed by atoms with van der Waals surface area (Å²) in [5.74, 6) is 0.953. The molecule has 0 aromatic rings. The van der Waals surface area contributed by atoms with Crippen molar-refractivity contribution in [2.24, 2.45) is 11.7 Å². The Labute approximate surface area is 192 Å². The van der Waals surface area contributed by atoms with Gasteiger partial charge in [0.15, 0.2) is 0 Å². The van der Waals surface area contributed by atoms with E-state index < -0.39 is 0 Å². The minimum Gasteiger partial charge on any atom is -0.330 e. The van der Waals surface area contributed by atoms with Crippen molar-refractivity contribution in [1.82, 2.24) is 0 Å². The van der Waals surface area contributed by atoms with Crippen LogP contribution in [0.15, 0.2) is 0 Å². The van der Waals surface area contributed by atoms with Crippen LogP contribution in [0.1, 0.15) is 174 Å². The van der Waals surface area contributed by atoms with E-state index in [1.807, 2.05) is 0 Å². The predicted octanol–water partition coefficient (Wildman–Crippen LogP) is 10.4. The van der Waals surface area contributed by atoms with Crippen LogP contribution in [0.25, 0.3) is 0 Å². The van der Waals surface area contributed by atoms with Gasteiger partial charge in [-0.05, 0) is 18.9 Å². The summed E-state index contributed by atoms with van der Waals surface area (Å²) in [5.41, 5.74) is 5.54. The van der Waals surface area contributed by atoms with Crippen molar-refractivity contribution in [3.05, 3.63) is 0 Å². The van der Waals surface area contributed by atoms with Crippen LogP contribution in [0.3, 0.4) is 0 Å². The van der Waals surface area contributed by atoms with E-state index in [2.05, 4.69) is 13.8 Å². The zero-order chi connectivity index (χ0) is 22.0. The molecule has 1 heteroatoms. The molecular weight excluding hydrogens is 362 g/mol. The van der Waals surface area contributed by atoms with E-state index in [0.717, 1.165) is 12.5 Å². The number of unbranched alkanes of at least 4 members (excludes halogenated alkanes) is 21. The highest BCUT2D eigenvalue weighted by Crippen LogP contribution is 2.19. The molecule has 1 unspecified atom stereocenters. The molecule has 1 atom stereocenters. The van der Waals surface area contributed by atoms with Gasteiger partial charge in [0, 0.05) is 0 Å². The largest absolute Gasteiger partial charge is 0.330 e. The van der Waals surface area contributed by atoms with E-state index in [1.165, 1.54) is 161 Å². The summed E-state index contributed by atoms with van der Waals surface area (Å²) in [7, 11) is 0. The lowest BCUT2D eigenvalue weighted by molar-refractivity contribution is 0.430. The topological polar surface area (TPSA) is 26.0 Å². The smallest absolute Gasteiger partial charge is 0.00773 e. The first-order chi connectivity index (χ1) is 14.8. The Morgan fingerprint density at radius 1 is 0.400 bits per heavy atom. The molecule has 0 radical (unpaired) electrons. The summed E-state index contributed by atoms with van der Waals surface area (Å²) >= 11 is 0. The van der Waals surface area contributed by atoms with E-state index in [4.69, 9.17) is 5.73 Å². The third-order valence-electron chi connectivity index (χ3n) is 6.95. The van der Waals surface area contributed by atoms with Gasteiger partial charge in [-0.1, -0.05) is 168 Å². The maximum absolute atomic E-state index is 5.54. The van der Waals surface area contributed by atoms with E-state index >= 15 is 0 Å². The van der Waals surface area contributed by atoms with Crippen molar-refractivity contribution >= 4 is 0 Å². The first-order valence-electron chi connectivity index (χ1n) is 14.5. The molecule has 0 aliphatic carbocycles. The second-order valence-corrected chi connectivity index (χ2v) is 10.2. The second kappa shape index (κ2) is 27.0. The van der Waals surface area contributed by atoms with Gasteiger partial charge in [0.25, 0.3) is 0 Å². The Morgan fingerprint density at radius 2 is 0.667 bits per heavy atom. The minimum absolute atomic E-state index is 0.872. The maximum atomic E-state index is 5.54. The fourth-order valence-electron chi connectivity index (χ4n) is 4.71. The Bertz CT molecular complexity index is 288. The SMILES string of the molecule is CCCCCCCCCCCCCCCCCCC(C)CCCCCCCCCN. The number of rotatable bonds is 26. The van der Waals surface area contributed by atoms with Gasteiger partial charge in [-0.15, -0.1) is 0 Å². The van der Waals surface area contributed by atoms with E-state index in [-0.39, 0.29) is 0 Å². The highest BCUT2D eigenvalue weighted by Gasteiger charge is 2.02. The van der Waals surface area contributed by atoms with E-state index in [1.54, 1.807) is 0 Å². The van der Waals surface area contributed by atoms with Crippen LogP contribution in [-0.4, -0.2) is 6.54 Å². The van der Waals surface area contributed by atoms with Gasteiger partial charge >= 0.3 is 0 Å². The third-order valence-corrected chi connectivity index (χ3v) is 6.95. The van der Waals surface area contributed by atoms with Crippen molar-refractivity contribution in [2.45, 2.75) is 174 Å². The fraction of sp³-hybridized carbons (Fsp3) is 1.00. The highest BCUT2D eigenvalue weighted by atomic mass is 14.5. The second-order valence-electron chi connectivity index (χ2n) is 10.2. The van der Waals surface area contributed by atoms with Crippen LogP contribution < -0.4 is 5.73 Å². The lowest BCUT2D eigenvalue weighted by Gasteiger charge is -2.11. The molecule has 0 heterocycles. The van der Waals surface area contributed by atoms with Crippen molar-refractivity contribution in [1.29, 1.82) is 0 Å². The van der Waals surface area contributed by atoms with Gasteiger partial charge in [0.05, 0.1) is 0 Å². The number of nitrogens with two attached hydrogens (primary N) is 1. The van der Waals surface area contributed by atoms with Crippen LogP contribution in [0.2, 0.25) is 0 Å².